The van der Waals surface area contributed by atoms with Crippen molar-refractivity contribution < 1.29 is 4.79 Å². The summed E-state index contributed by atoms with van der Waals surface area (Å²) in [7, 11) is 0. The number of carbonyl (C=O) groups is 1. The molecule has 3 aromatic rings. The molecule has 0 amide bonds. The third-order valence-electron chi connectivity index (χ3n) is 4.69. The molecule has 0 aliphatic heterocycles. The van der Waals surface area contributed by atoms with E-state index in [1.54, 1.807) is 0 Å². The summed E-state index contributed by atoms with van der Waals surface area (Å²) in [6.45, 7) is 3.12. The van der Waals surface area contributed by atoms with Crippen molar-refractivity contribution in [3.05, 3.63) is 77.0 Å². The predicted molar refractivity (Wildman–Crippen MR) is 94.7 cm³/mol. The molecule has 2 heteroatoms. The number of Topliss-reactive ketones (excluding diaryl/α,β-unsaturated/α-hetero) is 1. The van der Waals surface area contributed by atoms with Gasteiger partial charge in [0, 0.05) is 34.8 Å². The summed E-state index contributed by atoms with van der Waals surface area (Å²) in [6, 6.07) is 16.5. The smallest absolute Gasteiger partial charge is 0.189 e. The Morgan fingerprint density at radius 1 is 1.09 bits per heavy atom. The first kappa shape index (κ1) is 14.0. The lowest BCUT2D eigenvalue weighted by Gasteiger charge is -2.17. The highest BCUT2D eigenvalue weighted by atomic mass is 16.1. The third-order valence-corrected chi connectivity index (χ3v) is 4.69. The minimum absolute atomic E-state index is 0.179. The van der Waals surface area contributed by atoms with Crippen LogP contribution in [0.15, 0.2) is 60.3 Å². The van der Waals surface area contributed by atoms with E-state index in [0.717, 1.165) is 36.1 Å². The molecular weight excluding hydrogens is 282 g/mol. The van der Waals surface area contributed by atoms with Crippen LogP contribution in [0.1, 0.15) is 34.8 Å². The number of aryl methyl sites for hydroxylation is 2. The summed E-state index contributed by atoms with van der Waals surface area (Å²) in [5.74, 6) is 0.179. The summed E-state index contributed by atoms with van der Waals surface area (Å²) in [5.41, 5.74) is 5.30. The molecule has 0 fully saturated rings. The Labute approximate surface area is 136 Å². The van der Waals surface area contributed by atoms with Crippen molar-refractivity contribution in [1.29, 1.82) is 0 Å². The van der Waals surface area contributed by atoms with E-state index in [1.807, 2.05) is 18.2 Å². The number of rotatable bonds is 2. The number of hydrogen-bond donors (Lipinski definition) is 0. The molecule has 0 spiro atoms. The topological polar surface area (TPSA) is 22.0 Å². The number of hydrogen-bond acceptors (Lipinski definition) is 1. The van der Waals surface area contributed by atoms with Crippen molar-refractivity contribution in [2.45, 2.75) is 26.3 Å². The van der Waals surface area contributed by atoms with Gasteiger partial charge in [0.25, 0.3) is 0 Å². The molecule has 23 heavy (non-hydrogen) atoms. The van der Waals surface area contributed by atoms with Crippen LogP contribution in [0.3, 0.4) is 0 Å². The quantitative estimate of drug-likeness (QED) is 0.619. The average Bonchev–Trinajstić information content (AvgIpc) is 3.00. The zero-order chi connectivity index (χ0) is 15.8. The van der Waals surface area contributed by atoms with Crippen LogP contribution in [-0.4, -0.2) is 10.4 Å². The molecule has 0 N–H and O–H groups in total. The maximum atomic E-state index is 12.7. The van der Waals surface area contributed by atoms with Crippen LogP contribution in [0, 0.1) is 0 Å². The molecule has 1 heterocycles. The van der Waals surface area contributed by atoms with Gasteiger partial charge in [-0.3, -0.25) is 4.79 Å². The molecule has 114 valence electrons. The van der Waals surface area contributed by atoms with Gasteiger partial charge in [-0.2, -0.15) is 0 Å². The molecular formula is C21H19NO. The molecule has 1 aromatic heterocycles. The highest BCUT2D eigenvalue weighted by Crippen LogP contribution is 2.27. The molecule has 0 radical (unpaired) electrons. The first-order valence-corrected chi connectivity index (χ1v) is 8.18. The van der Waals surface area contributed by atoms with Crippen molar-refractivity contribution in [3.8, 4) is 0 Å². The van der Waals surface area contributed by atoms with Gasteiger partial charge in [0.2, 0.25) is 0 Å². The highest BCUT2D eigenvalue weighted by Gasteiger charge is 2.21. The van der Waals surface area contributed by atoms with E-state index in [9.17, 15) is 4.79 Å². The minimum atomic E-state index is 0.179. The van der Waals surface area contributed by atoms with E-state index in [2.05, 4.69) is 54.1 Å². The number of carbonyl (C=O) groups excluding carboxylic acids is 1. The number of allylic oxidation sites excluding steroid dienone is 1. The first-order chi connectivity index (χ1) is 11.3. The first-order valence-electron chi connectivity index (χ1n) is 8.18. The standard InChI is InChI=1S/C21H19NO/c1-2-22-12-11-17-13-15(7-10-20(17)22)14-18-9-8-16-5-3-4-6-19(16)21(18)23/h3-7,10-14H,2,8-9H2,1H3/b18-14+. The number of benzene rings is 2. The maximum absolute atomic E-state index is 12.7. The SMILES string of the molecule is CCn1ccc2cc(/C=C3\CCc4ccccc4C3=O)ccc21. The van der Waals surface area contributed by atoms with Crippen LogP contribution < -0.4 is 0 Å². The van der Waals surface area contributed by atoms with Crippen molar-refractivity contribution in [3.63, 3.8) is 0 Å². The van der Waals surface area contributed by atoms with E-state index >= 15 is 0 Å². The summed E-state index contributed by atoms with van der Waals surface area (Å²) in [4.78, 5) is 12.7. The molecule has 2 aromatic carbocycles. The molecule has 1 aliphatic carbocycles. The fourth-order valence-electron chi connectivity index (χ4n) is 3.44. The Morgan fingerprint density at radius 3 is 2.83 bits per heavy atom. The van der Waals surface area contributed by atoms with Gasteiger partial charge in [-0.05, 0) is 55.2 Å². The zero-order valence-electron chi connectivity index (χ0n) is 13.3. The average molecular weight is 301 g/mol. The van der Waals surface area contributed by atoms with Crippen molar-refractivity contribution in [1.82, 2.24) is 4.57 Å². The monoisotopic (exact) mass is 301 g/mol. The molecule has 0 unspecified atom stereocenters. The Kier molecular flexibility index (Phi) is 3.38. The summed E-state index contributed by atoms with van der Waals surface area (Å²) in [5, 5.41) is 1.23. The van der Waals surface area contributed by atoms with Crippen LogP contribution in [0.4, 0.5) is 0 Å². The van der Waals surface area contributed by atoms with Crippen LogP contribution in [-0.2, 0) is 13.0 Å². The van der Waals surface area contributed by atoms with Gasteiger partial charge >= 0.3 is 0 Å². The Bertz CT molecular complexity index is 930. The lowest BCUT2D eigenvalue weighted by molar-refractivity contribution is 0.102. The number of aromatic nitrogens is 1. The fraction of sp³-hybridized carbons (Fsp3) is 0.190. The van der Waals surface area contributed by atoms with E-state index in [4.69, 9.17) is 0 Å². The second kappa shape index (κ2) is 5.54. The van der Waals surface area contributed by atoms with Crippen molar-refractivity contribution >= 4 is 22.8 Å². The van der Waals surface area contributed by atoms with Gasteiger partial charge in [0.15, 0.2) is 5.78 Å². The zero-order valence-corrected chi connectivity index (χ0v) is 13.3. The largest absolute Gasteiger partial charge is 0.348 e. The Hall–Kier alpha value is -2.61. The normalized spacial score (nSPS) is 16.0. The van der Waals surface area contributed by atoms with Gasteiger partial charge < -0.3 is 4.57 Å². The van der Waals surface area contributed by atoms with Gasteiger partial charge in [-0.15, -0.1) is 0 Å². The van der Waals surface area contributed by atoms with Gasteiger partial charge in [-0.25, -0.2) is 0 Å². The molecule has 0 saturated carbocycles. The molecule has 2 nitrogen and oxygen atoms in total. The third kappa shape index (κ3) is 2.40. The molecule has 1 aliphatic rings. The van der Waals surface area contributed by atoms with E-state index < -0.39 is 0 Å². The van der Waals surface area contributed by atoms with E-state index in [1.165, 1.54) is 16.5 Å². The minimum Gasteiger partial charge on any atom is -0.348 e. The second-order valence-corrected chi connectivity index (χ2v) is 6.08. The molecule has 0 bridgehead atoms. The van der Waals surface area contributed by atoms with Crippen LogP contribution in [0.5, 0.6) is 0 Å². The van der Waals surface area contributed by atoms with Crippen molar-refractivity contribution in [2.24, 2.45) is 0 Å². The van der Waals surface area contributed by atoms with Gasteiger partial charge in [0.1, 0.15) is 0 Å². The van der Waals surface area contributed by atoms with E-state index in [-0.39, 0.29) is 5.78 Å². The molecule has 0 saturated heterocycles. The van der Waals surface area contributed by atoms with Gasteiger partial charge in [-0.1, -0.05) is 30.3 Å². The summed E-state index contributed by atoms with van der Waals surface area (Å²) in [6.07, 6.45) is 5.94. The van der Waals surface area contributed by atoms with E-state index in [0.29, 0.717) is 0 Å². The fourth-order valence-corrected chi connectivity index (χ4v) is 3.44. The second-order valence-electron chi connectivity index (χ2n) is 6.08. The Balaban J connectivity index is 1.72. The molecule has 4 rings (SSSR count). The van der Waals surface area contributed by atoms with Crippen LogP contribution >= 0.6 is 0 Å². The summed E-state index contributed by atoms with van der Waals surface area (Å²) < 4.78 is 2.23. The van der Waals surface area contributed by atoms with Crippen LogP contribution in [0.2, 0.25) is 0 Å². The lowest BCUT2D eigenvalue weighted by Crippen LogP contribution is -2.13. The van der Waals surface area contributed by atoms with Gasteiger partial charge in [0.05, 0.1) is 0 Å². The number of fused-ring (bicyclic) bond motifs is 2. The predicted octanol–water partition coefficient (Wildman–Crippen LogP) is 4.87. The molecule has 0 atom stereocenters. The maximum Gasteiger partial charge on any atom is 0.189 e. The van der Waals surface area contributed by atoms with Crippen LogP contribution in [0.25, 0.3) is 17.0 Å². The number of ketones is 1. The Morgan fingerprint density at radius 2 is 1.96 bits per heavy atom. The summed E-state index contributed by atoms with van der Waals surface area (Å²) >= 11 is 0. The number of nitrogens with zero attached hydrogens (tertiary/aromatic N) is 1. The highest BCUT2D eigenvalue weighted by molar-refractivity contribution is 6.13. The lowest BCUT2D eigenvalue weighted by atomic mass is 9.86. The van der Waals surface area contributed by atoms with Crippen molar-refractivity contribution in [2.75, 3.05) is 0 Å².